The Morgan fingerprint density at radius 2 is 2.16 bits per heavy atom. The fourth-order valence-corrected chi connectivity index (χ4v) is 4.58. The molecule has 7 nitrogen and oxygen atoms in total. The van der Waals surface area contributed by atoms with E-state index in [0.29, 0.717) is 22.2 Å². The van der Waals surface area contributed by atoms with Gasteiger partial charge in [-0.3, -0.25) is 4.79 Å². The Morgan fingerprint density at radius 3 is 2.72 bits per heavy atom. The lowest BCUT2D eigenvalue weighted by Gasteiger charge is -2.19. The lowest BCUT2D eigenvalue weighted by Crippen LogP contribution is -2.30. The largest absolute Gasteiger partial charge is 0.506 e. The highest BCUT2D eigenvalue weighted by molar-refractivity contribution is 7.92. The van der Waals surface area contributed by atoms with Crippen LogP contribution >= 0.6 is 0 Å². The molecule has 138 valence electrons. The second-order valence-electron chi connectivity index (χ2n) is 6.60. The van der Waals surface area contributed by atoms with Crippen molar-refractivity contribution in [2.75, 3.05) is 30.5 Å². The lowest BCUT2D eigenvalue weighted by molar-refractivity contribution is -0.117. The fourth-order valence-electron chi connectivity index (χ4n) is 3.41. The van der Waals surface area contributed by atoms with Crippen molar-refractivity contribution >= 4 is 21.8 Å². The maximum absolute atomic E-state index is 14.4. The van der Waals surface area contributed by atoms with Gasteiger partial charge in [0.1, 0.15) is 18.0 Å². The number of benzene rings is 1. The number of halogens is 1. The van der Waals surface area contributed by atoms with Gasteiger partial charge in [0.2, 0.25) is 0 Å². The first kappa shape index (κ1) is 17.9. The average Bonchev–Trinajstić information content (AvgIpc) is 3.08. The third-order valence-electron chi connectivity index (χ3n) is 4.84. The summed E-state index contributed by atoms with van der Waals surface area (Å²) in [6, 6.07) is 2.59. The van der Waals surface area contributed by atoms with Crippen molar-refractivity contribution in [1.29, 1.82) is 0 Å². The minimum absolute atomic E-state index is 0.483. The Kier molecular flexibility index (Phi) is 4.88. The molecule has 3 rings (SSSR count). The van der Waals surface area contributed by atoms with Crippen LogP contribution in [0.2, 0.25) is 0 Å². The van der Waals surface area contributed by atoms with E-state index in [1.807, 2.05) is 0 Å². The Morgan fingerprint density at radius 1 is 1.40 bits per heavy atom. The van der Waals surface area contributed by atoms with Crippen molar-refractivity contribution in [2.24, 2.45) is 5.92 Å². The number of nitrogens with one attached hydrogen (secondary N) is 1. The third kappa shape index (κ3) is 3.72. The van der Waals surface area contributed by atoms with Gasteiger partial charge in [0, 0.05) is 13.1 Å². The van der Waals surface area contributed by atoms with Crippen LogP contribution < -0.4 is 9.03 Å². The summed E-state index contributed by atoms with van der Waals surface area (Å²) in [5, 5.41) is 10.1. The van der Waals surface area contributed by atoms with Gasteiger partial charge in [0.25, 0.3) is 5.91 Å². The minimum atomic E-state index is -4.16. The van der Waals surface area contributed by atoms with Crippen molar-refractivity contribution < 1.29 is 22.7 Å². The van der Waals surface area contributed by atoms with Crippen LogP contribution in [-0.4, -0.2) is 50.5 Å². The van der Waals surface area contributed by atoms with Gasteiger partial charge in [0.05, 0.1) is 0 Å². The van der Waals surface area contributed by atoms with Crippen molar-refractivity contribution in [3.05, 3.63) is 23.5 Å². The summed E-state index contributed by atoms with van der Waals surface area (Å²) >= 11 is 0. The Hall–Kier alpha value is -1.87. The number of amides is 1. The predicted octanol–water partition coefficient (Wildman–Crippen LogP) is 0.987. The van der Waals surface area contributed by atoms with Gasteiger partial charge in [-0.15, -0.1) is 0 Å². The topological polar surface area (TPSA) is 89.9 Å². The molecular weight excluding hydrogens is 349 g/mol. The number of carbonyl (C=O) groups excluding carboxylic acids is 1. The highest BCUT2D eigenvalue weighted by Gasteiger charge is 2.37. The van der Waals surface area contributed by atoms with Crippen LogP contribution in [-0.2, 0) is 21.4 Å². The molecular formula is C16H22FN3O4S. The zero-order chi connectivity index (χ0) is 18.2. The van der Waals surface area contributed by atoms with Crippen molar-refractivity contribution in [2.45, 2.75) is 26.2 Å². The van der Waals surface area contributed by atoms with Crippen LogP contribution in [0.3, 0.4) is 0 Å². The van der Waals surface area contributed by atoms with Crippen LogP contribution in [0.4, 0.5) is 10.1 Å². The number of rotatable bonds is 5. The van der Waals surface area contributed by atoms with Crippen LogP contribution in [0.5, 0.6) is 5.75 Å². The molecule has 0 bridgehead atoms. The lowest BCUT2D eigenvalue weighted by atomic mass is 10.1. The van der Waals surface area contributed by atoms with Crippen molar-refractivity contribution in [3.63, 3.8) is 0 Å². The molecule has 2 fully saturated rings. The highest BCUT2D eigenvalue weighted by Crippen LogP contribution is 2.34. The maximum atomic E-state index is 14.4. The molecule has 2 heterocycles. The van der Waals surface area contributed by atoms with Crippen LogP contribution in [0, 0.1) is 11.7 Å². The molecule has 1 aromatic rings. The molecule has 2 saturated heterocycles. The van der Waals surface area contributed by atoms with E-state index >= 15 is 0 Å². The van der Waals surface area contributed by atoms with E-state index in [1.165, 1.54) is 18.6 Å². The van der Waals surface area contributed by atoms with Gasteiger partial charge in [-0.25, -0.2) is 13.4 Å². The summed E-state index contributed by atoms with van der Waals surface area (Å²) in [5.41, 5.74) is 0.101. The zero-order valence-corrected chi connectivity index (χ0v) is 14.9. The molecule has 25 heavy (non-hydrogen) atoms. The van der Waals surface area contributed by atoms with E-state index in [-0.39, 0.29) is 0 Å². The number of anilines is 1. The normalized spacial score (nSPS) is 23.2. The highest BCUT2D eigenvalue weighted by atomic mass is 32.2. The average molecular weight is 371 g/mol. The first-order valence-corrected chi connectivity index (χ1v) is 9.81. The van der Waals surface area contributed by atoms with Gasteiger partial charge < -0.3 is 10.0 Å². The molecule has 2 aliphatic heterocycles. The molecule has 0 aliphatic carbocycles. The van der Waals surface area contributed by atoms with Crippen molar-refractivity contribution in [1.82, 2.24) is 9.62 Å². The Bertz CT molecular complexity index is 761. The van der Waals surface area contributed by atoms with Gasteiger partial charge in [-0.2, -0.15) is 8.42 Å². The zero-order valence-electron chi connectivity index (χ0n) is 14.0. The summed E-state index contributed by atoms with van der Waals surface area (Å²) in [6.45, 7) is 4.44. The van der Waals surface area contributed by atoms with E-state index in [2.05, 4.69) is 11.8 Å². The molecule has 1 amide bonds. The summed E-state index contributed by atoms with van der Waals surface area (Å²) in [4.78, 5) is 13.6. The number of hydrogen-bond acceptors (Lipinski definition) is 5. The quantitative estimate of drug-likeness (QED) is 0.806. The van der Waals surface area contributed by atoms with Gasteiger partial charge >= 0.3 is 10.2 Å². The van der Waals surface area contributed by atoms with Crippen LogP contribution in [0.15, 0.2) is 12.1 Å². The molecule has 0 radical (unpaired) electrons. The Labute approximate surface area is 146 Å². The number of aromatic hydroxyl groups is 1. The molecule has 2 aliphatic rings. The number of carbonyl (C=O) groups is 1. The van der Waals surface area contributed by atoms with E-state index in [0.717, 1.165) is 26.1 Å². The van der Waals surface area contributed by atoms with Gasteiger partial charge in [-0.1, -0.05) is 13.3 Å². The third-order valence-corrected chi connectivity index (χ3v) is 6.21. The molecule has 1 aromatic carbocycles. The van der Waals surface area contributed by atoms with E-state index in [1.54, 1.807) is 4.72 Å². The van der Waals surface area contributed by atoms with Crippen LogP contribution in [0.1, 0.15) is 25.3 Å². The molecule has 9 heteroatoms. The monoisotopic (exact) mass is 371 g/mol. The summed E-state index contributed by atoms with van der Waals surface area (Å²) in [6.07, 6.45) is 2.88. The summed E-state index contributed by atoms with van der Waals surface area (Å²) in [5.74, 6) is -1.40. The molecule has 0 aromatic heterocycles. The minimum Gasteiger partial charge on any atom is -0.506 e. The summed E-state index contributed by atoms with van der Waals surface area (Å²) < 4.78 is 40.4. The second-order valence-corrected chi connectivity index (χ2v) is 8.19. The van der Waals surface area contributed by atoms with Gasteiger partial charge in [0.15, 0.2) is 5.82 Å². The SMILES string of the molecule is CCC1CCN(CCc2cc(O)c(N3CC(=O)NS3(=O)=O)c(F)c2)C1. The first-order valence-electron chi connectivity index (χ1n) is 8.37. The molecule has 1 atom stereocenters. The number of likely N-dealkylation sites (tertiary alicyclic amines) is 1. The predicted molar refractivity (Wildman–Crippen MR) is 91.0 cm³/mol. The van der Waals surface area contributed by atoms with E-state index in [4.69, 9.17) is 0 Å². The number of phenols is 1. The standard InChI is InChI=1S/C16H22FN3O4S/c1-2-11-3-5-19(9-11)6-4-12-7-13(17)16(14(21)8-12)20-10-15(22)18-25(20,23)24/h7-8,11,21H,2-6,9-10H2,1H3,(H,18,22). The fraction of sp³-hybridized carbons (Fsp3) is 0.562. The summed E-state index contributed by atoms with van der Waals surface area (Å²) in [7, 11) is -4.16. The van der Waals surface area contributed by atoms with Crippen LogP contribution in [0.25, 0.3) is 0 Å². The van der Waals surface area contributed by atoms with E-state index < -0.39 is 39.9 Å². The molecule has 2 N–H and O–H groups in total. The molecule has 0 spiro atoms. The number of phenolic OH excluding ortho intramolecular Hbond substituents is 1. The Balaban J connectivity index is 1.74. The molecule has 0 saturated carbocycles. The maximum Gasteiger partial charge on any atom is 0.326 e. The van der Waals surface area contributed by atoms with Gasteiger partial charge in [-0.05, 0) is 43.0 Å². The second kappa shape index (κ2) is 6.80. The molecule has 1 unspecified atom stereocenters. The number of nitrogens with zero attached hydrogens (tertiary/aromatic N) is 2. The van der Waals surface area contributed by atoms with E-state index in [9.17, 15) is 22.7 Å². The number of hydrogen-bond donors (Lipinski definition) is 2. The van der Waals surface area contributed by atoms with Crippen molar-refractivity contribution in [3.8, 4) is 5.75 Å². The first-order chi connectivity index (χ1) is 11.8. The smallest absolute Gasteiger partial charge is 0.326 e.